The number of nitrogens with zero attached hydrogens (tertiary/aromatic N) is 1. The van der Waals surface area contributed by atoms with Crippen LogP contribution in [-0.2, 0) is 4.74 Å². The molecule has 0 spiro atoms. The van der Waals surface area contributed by atoms with Crippen LogP contribution in [0.4, 0.5) is 0 Å². The zero-order valence-corrected chi connectivity index (χ0v) is 11.7. The van der Waals surface area contributed by atoms with Gasteiger partial charge < -0.3 is 10.1 Å². The molecule has 0 aromatic rings. The first kappa shape index (κ1) is 13.3. The van der Waals surface area contributed by atoms with E-state index < -0.39 is 0 Å². The van der Waals surface area contributed by atoms with Crippen molar-refractivity contribution in [3.05, 3.63) is 0 Å². The second-order valence-corrected chi connectivity index (χ2v) is 5.51. The van der Waals surface area contributed by atoms with Gasteiger partial charge in [-0.05, 0) is 19.8 Å². The zero-order chi connectivity index (χ0) is 11.1. The number of unbranched alkanes of at least 4 members (excludes halogenated alkanes) is 1. The van der Waals surface area contributed by atoms with E-state index >= 15 is 0 Å². The molecule has 2 unspecified atom stereocenters. The van der Waals surface area contributed by atoms with Crippen molar-refractivity contribution < 1.29 is 4.74 Å². The fourth-order valence-corrected chi connectivity index (χ4v) is 3.35. The minimum atomic E-state index is 0.520. The number of alkyl halides is 1. The Balaban J connectivity index is 2.18. The predicted molar refractivity (Wildman–Crippen MR) is 71.2 cm³/mol. The van der Waals surface area contributed by atoms with Gasteiger partial charge in [-0.1, -0.05) is 27.7 Å². The normalized spacial score (nSPS) is 28.3. The van der Waals surface area contributed by atoms with Gasteiger partial charge in [-0.2, -0.15) is 0 Å². The molecule has 2 atom stereocenters. The molecule has 1 aliphatic heterocycles. The Kier molecular flexibility index (Phi) is 6.68. The van der Waals surface area contributed by atoms with Crippen LogP contribution in [0.2, 0.25) is 0 Å². The first-order chi connectivity index (χ1) is 7.27. The van der Waals surface area contributed by atoms with Crippen LogP contribution in [0.1, 0.15) is 19.8 Å². The van der Waals surface area contributed by atoms with E-state index in [2.05, 4.69) is 33.2 Å². The third kappa shape index (κ3) is 4.74. The maximum absolute atomic E-state index is 4.99. The average Bonchev–Trinajstić information content (AvgIpc) is 2.59. The number of amidine groups is 1. The summed E-state index contributed by atoms with van der Waals surface area (Å²) in [6.45, 7) is 3.94. The Morgan fingerprint density at radius 2 is 2.33 bits per heavy atom. The Morgan fingerprint density at radius 1 is 1.53 bits per heavy atom. The van der Waals surface area contributed by atoms with Crippen LogP contribution >= 0.6 is 27.7 Å². The van der Waals surface area contributed by atoms with Crippen molar-refractivity contribution in [3.63, 3.8) is 0 Å². The zero-order valence-electron chi connectivity index (χ0n) is 9.33. The van der Waals surface area contributed by atoms with E-state index in [9.17, 15) is 0 Å². The van der Waals surface area contributed by atoms with Crippen LogP contribution in [0.5, 0.6) is 0 Å². The third-order valence-electron chi connectivity index (χ3n) is 2.34. The highest BCUT2D eigenvalue weighted by atomic mass is 79.9. The number of rotatable bonds is 6. The number of ether oxygens (including phenoxy) is 1. The van der Waals surface area contributed by atoms with Crippen molar-refractivity contribution in [2.75, 3.05) is 25.6 Å². The van der Waals surface area contributed by atoms with E-state index in [-0.39, 0.29) is 0 Å². The van der Waals surface area contributed by atoms with Gasteiger partial charge in [0.25, 0.3) is 0 Å². The van der Waals surface area contributed by atoms with Crippen molar-refractivity contribution in [1.29, 1.82) is 0 Å². The molecular formula is C10H19BrN2OS. The molecule has 15 heavy (non-hydrogen) atoms. The van der Waals surface area contributed by atoms with E-state index in [0.717, 1.165) is 36.5 Å². The van der Waals surface area contributed by atoms with Gasteiger partial charge in [-0.3, -0.25) is 4.99 Å². The molecule has 1 rings (SSSR count). The summed E-state index contributed by atoms with van der Waals surface area (Å²) in [7, 11) is 1.74. The highest BCUT2D eigenvalue weighted by molar-refractivity contribution is 9.09. The van der Waals surface area contributed by atoms with Gasteiger partial charge in [0, 0.05) is 36.9 Å². The molecule has 1 aliphatic rings. The van der Waals surface area contributed by atoms with Crippen molar-refractivity contribution >= 4 is 32.9 Å². The van der Waals surface area contributed by atoms with Crippen LogP contribution in [-0.4, -0.2) is 42.1 Å². The quantitative estimate of drug-likeness (QED) is 0.603. The molecule has 1 fully saturated rings. The highest BCUT2D eigenvalue weighted by Crippen LogP contribution is 2.24. The molecule has 3 nitrogen and oxygen atoms in total. The van der Waals surface area contributed by atoms with Crippen LogP contribution in [0.25, 0.3) is 0 Å². The highest BCUT2D eigenvalue weighted by Gasteiger charge is 2.26. The van der Waals surface area contributed by atoms with E-state index in [0.29, 0.717) is 11.3 Å². The van der Waals surface area contributed by atoms with Crippen LogP contribution < -0.4 is 5.32 Å². The van der Waals surface area contributed by atoms with Crippen molar-refractivity contribution in [3.8, 4) is 0 Å². The molecule has 0 saturated carbocycles. The van der Waals surface area contributed by atoms with Gasteiger partial charge in [0.15, 0.2) is 5.17 Å². The summed E-state index contributed by atoms with van der Waals surface area (Å²) >= 11 is 5.36. The summed E-state index contributed by atoms with van der Waals surface area (Å²) < 4.78 is 4.99. The molecule has 1 heterocycles. The van der Waals surface area contributed by atoms with Crippen LogP contribution in [0.3, 0.4) is 0 Å². The SMILES string of the molecule is COCCCCN=C1NC(C)C(CBr)S1. The summed E-state index contributed by atoms with van der Waals surface area (Å²) in [6, 6.07) is 0.520. The van der Waals surface area contributed by atoms with Gasteiger partial charge in [-0.25, -0.2) is 0 Å². The monoisotopic (exact) mass is 294 g/mol. The Morgan fingerprint density at radius 3 is 2.93 bits per heavy atom. The lowest BCUT2D eigenvalue weighted by Crippen LogP contribution is -2.28. The summed E-state index contributed by atoms with van der Waals surface area (Å²) in [5.41, 5.74) is 0. The topological polar surface area (TPSA) is 33.6 Å². The van der Waals surface area contributed by atoms with E-state index in [1.807, 2.05) is 11.8 Å². The van der Waals surface area contributed by atoms with E-state index in [4.69, 9.17) is 4.74 Å². The molecule has 0 aliphatic carbocycles. The van der Waals surface area contributed by atoms with E-state index in [1.54, 1.807) is 7.11 Å². The van der Waals surface area contributed by atoms with Crippen LogP contribution in [0.15, 0.2) is 4.99 Å². The maximum atomic E-state index is 4.99. The molecule has 0 radical (unpaired) electrons. The smallest absolute Gasteiger partial charge is 0.157 e. The van der Waals surface area contributed by atoms with Crippen LogP contribution in [0, 0.1) is 0 Å². The molecule has 1 N–H and O–H groups in total. The molecule has 0 bridgehead atoms. The first-order valence-corrected chi connectivity index (χ1v) is 7.30. The molecule has 5 heteroatoms. The molecule has 1 saturated heterocycles. The molecule has 88 valence electrons. The number of nitrogens with one attached hydrogen (secondary N) is 1. The Labute approximate surface area is 105 Å². The largest absolute Gasteiger partial charge is 0.385 e. The lowest BCUT2D eigenvalue weighted by molar-refractivity contribution is 0.193. The lowest BCUT2D eigenvalue weighted by atomic mass is 10.3. The third-order valence-corrected chi connectivity index (χ3v) is 4.81. The second-order valence-electron chi connectivity index (χ2n) is 3.63. The molecule has 0 aromatic carbocycles. The van der Waals surface area contributed by atoms with Crippen molar-refractivity contribution in [2.24, 2.45) is 4.99 Å². The van der Waals surface area contributed by atoms with Crippen molar-refractivity contribution in [2.45, 2.75) is 31.1 Å². The second kappa shape index (κ2) is 7.52. The number of halogens is 1. The summed E-state index contributed by atoms with van der Waals surface area (Å²) in [6.07, 6.45) is 2.20. The van der Waals surface area contributed by atoms with Gasteiger partial charge in [0.2, 0.25) is 0 Å². The Hall–Kier alpha value is 0.260. The predicted octanol–water partition coefficient (Wildman–Crippen LogP) is 2.26. The number of thioether (sulfide) groups is 1. The first-order valence-electron chi connectivity index (χ1n) is 5.30. The van der Waals surface area contributed by atoms with Gasteiger partial charge in [0.1, 0.15) is 0 Å². The van der Waals surface area contributed by atoms with Crippen molar-refractivity contribution in [1.82, 2.24) is 5.32 Å². The van der Waals surface area contributed by atoms with Gasteiger partial charge in [0.05, 0.1) is 0 Å². The average molecular weight is 295 g/mol. The Bertz CT molecular complexity index is 214. The fourth-order valence-electron chi connectivity index (χ4n) is 1.35. The molecule has 0 aromatic heterocycles. The van der Waals surface area contributed by atoms with Gasteiger partial charge >= 0.3 is 0 Å². The minimum absolute atomic E-state index is 0.520. The maximum Gasteiger partial charge on any atom is 0.157 e. The fraction of sp³-hybridized carbons (Fsp3) is 0.900. The summed E-state index contributed by atoms with van der Waals surface area (Å²) in [4.78, 5) is 4.54. The number of aliphatic imine (C=N–C) groups is 1. The molecular weight excluding hydrogens is 276 g/mol. The number of hydrogen-bond acceptors (Lipinski definition) is 3. The molecule has 0 amide bonds. The number of methoxy groups -OCH3 is 1. The standard InChI is InChI=1S/C10H19BrN2OS/c1-8-9(7-11)15-10(13-8)12-5-3-4-6-14-2/h8-9H,3-7H2,1-2H3,(H,12,13). The number of hydrogen-bond donors (Lipinski definition) is 1. The van der Waals surface area contributed by atoms with E-state index in [1.165, 1.54) is 0 Å². The lowest BCUT2D eigenvalue weighted by Gasteiger charge is -2.07. The summed E-state index contributed by atoms with van der Waals surface area (Å²) in [5.74, 6) is 0. The summed E-state index contributed by atoms with van der Waals surface area (Å²) in [5, 5.41) is 6.13. The minimum Gasteiger partial charge on any atom is -0.385 e. The van der Waals surface area contributed by atoms with Gasteiger partial charge in [-0.15, -0.1) is 0 Å².